The summed E-state index contributed by atoms with van der Waals surface area (Å²) in [5.41, 5.74) is 3.06. The van der Waals surface area contributed by atoms with Crippen LogP contribution >= 0.6 is 46.0 Å². The molecule has 0 bridgehead atoms. The van der Waals surface area contributed by atoms with Crippen LogP contribution in [0.15, 0.2) is 60.0 Å². The molecule has 1 saturated carbocycles. The molecule has 10 heteroatoms. The number of likely N-dealkylation sites (N-methyl/N-ethyl adjacent to an activating group) is 1. The largest absolute Gasteiger partial charge is 0.493 e. The molecule has 0 saturated heterocycles. The van der Waals surface area contributed by atoms with Crippen LogP contribution in [0.3, 0.4) is 0 Å². The van der Waals surface area contributed by atoms with Gasteiger partial charge in [0.15, 0.2) is 16.7 Å². The molecule has 210 valence electrons. The Hall–Kier alpha value is -2.08. The van der Waals surface area contributed by atoms with Crippen LogP contribution in [-0.4, -0.2) is 71.4 Å². The van der Waals surface area contributed by atoms with Crippen molar-refractivity contribution in [1.82, 2.24) is 20.2 Å². The van der Waals surface area contributed by atoms with E-state index in [1.54, 1.807) is 26.6 Å². The number of nitrogens with zero attached hydrogens (tertiary/aromatic N) is 3. The fraction of sp³-hybridized carbons (Fsp3) is 0.414. The lowest BCUT2D eigenvalue weighted by Gasteiger charge is -2.30. The quantitative estimate of drug-likeness (QED) is 0.112. The smallest absolute Gasteiger partial charge is 0.230 e. The highest BCUT2D eigenvalue weighted by molar-refractivity contribution is 14.1. The first-order chi connectivity index (χ1) is 19.0. The van der Waals surface area contributed by atoms with E-state index in [0.717, 1.165) is 48.4 Å². The zero-order chi connectivity index (χ0) is 28.2. The number of carbonyl (C=O) groups is 1. The highest BCUT2D eigenvalue weighted by Gasteiger charge is 2.31. The number of ether oxygens (including phenoxy) is 2. The molecule has 2 aromatic carbocycles. The lowest BCUT2D eigenvalue weighted by atomic mass is 10.1. The van der Waals surface area contributed by atoms with Crippen molar-refractivity contribution in [1.29, 1.82) is 0 Å². The van der Waals surface area contributed by atoms with Crippen molar-refractivity contribution in [3.8, 4) is 22.6 Å². The molecule has 1 aliphatic carbocycles. The van der Waals surface area contributed by atoms with Gasteiger partial charge in [0.2, 0.25) is 5.91 Å². The van der Waals surface area contributed by atoms with Crippen molar-refractivity contribution >= 4 is 51.9 Å². The fourth-order valence-corrected chi connectivity index (χ4v) is 5.42. The third-order valence-corrected chi connectivity index (χ3v) is 7.86. The number of alkyl halides is 1. The second-order valence-corrected chi connectivity index (χ2v) is 10.5. The molecule has 1 amide bonds. The number of hydrogen-bond donors (Lipinski definition) is 1. The number of carbonyl (C=O) groups excluding carboxylic acids is 1. The van der Waals surface area contributed by atoms with Gasteiger partial charge in [-0.3, -0.25) is 4.79 Å². The molecule has 7 nitrogen and oxygen atoms in total. The first-order valence-corrected chi connectivity index (χ1v) is 16.3. The van der Waals surface area contributed by atoms with Crippen molar-refractivity contribution < 1.29 is 14.3 Å². The number of aromatic nitrogens is 2. The predicted octanol–water partition coefficient (Wildman–Crippen LogP) is 6.17. The molecule has 1 fully saturated rings. The molecule has 1 aromatic heterocycles. The van der Waals surface area contributed by atoms with Gasteiger partial charge in [-0.05, 0) is 73.1 Å². The molecule has 1 heterocycles. The Balaban J connectivity index is 0.00000205. The van der Waals surface area contributed by atoms with E-state index < -0.39 is 0 Å². The lowest BCUT2D eigenvalue weighted by molar-refractivity contribution is -0.119. The molecular weight excluding hydrogens is 647 g/mol. The molecule has 1 aliphatic rings. The Bertz CT molecular complexity index is 1180. The normalized spacial score (nSPS) is 16.4. The molecule has 0 radical (unpaired) electrons. The summed E-state index contributed by atoms with van der Waals surface area (Å²) in [6, 6.07) is 14.2. The van der Waals surface area contributed by atoms with Crippen LogP contribution in [0.1, 0.15) is 24.8 Å². The first-order valence-electron chi connectivity index (χ1n) is 12.8. The van der Waals surface area contributed by atoms with E-state index in [0.29, 0.717) is 22.7 Å². The van der Waals surface area contributed by atoms with Crippen LogP contribution < -0.4 is 14.8 Å². The van der Waals surface area contributed by atoms with Crippen molar-refractivity contribution in [2.45, 2.75) is 42.9 Å². The maximum atomic E-state index is 12.7. The average Bonchev–Trinajstić information content (AvgIpc) is 3.44. The van der Waals surface area contributed by atoms with E-state index in [2.05, 4.69) is 62.0 Å². The monoisotopic (exact) mass is 682 g/mol. The Morgan fingerprint density at radius 3 is 2.41 bits per heavy atom. The Labute approximate surface area is 254 Å². The van der Waals surface area contributed by atoms with Crippen molar-refractivity contribution in [3.63, 3.8) is 0 Å². The minimum absolute atomic E-state index is 0.0144. The number of halogens is 2. The zero-order valence-corrected chi connectivity index (χ0v) is 26.6. The molecule has 4 rings (SSSR count). The highest BCUT2D eigenvalue weighted by Crippen LogP contribution is 2.32. The summed E-state index contributed by atoms with van der Waals surface area (Å²) in [6.45, 7) is 0.938. The lowest BCUT2D eigenvalue weighted by Crippen LogP contribution is -2.48. The predicted molar refractivity (Wildman–Crippen MR) is 169 cm³/mol. The SMILES string of the molecule is CI.COc1ccc(-c2cnc(SCC(=O)N[C@@H]3CCC[C@H]3N(C)CCc3ccc(Cl)cc3)nc2)cc1OC. The number of rotatable bonds is 11. The van der Waals surface area contributed by atoms with Crippen LogP contribution in [0.25, 0.3) is 11.1 Å². The van der Waals surface area contributed by atoms with Crippen LogP contribution in [0.2, 0.25) is 5.02 Å². The Morgan fingerprint density at radius 2 is 1.74 bits per heavy atom. The minimum Gasteiger partial charge on any atom is -0.493 e. The maximum absolute atomic E-state index is 12.7. The molecule has 0 unspecified atom stereocenters. The van der Waals surface area contributed by atoms with Gasteiger partial charge in [-0.1, -0.05) is 64.2 Å². The molecule has 2 atom stereocenters. The number of amides is 1. The first kappa shape index (κ1) is 31.4. The molecule has 0 aliphatic heterocycles. The number of hydrogen-bond acceptors (Lipinski definition) is 7. The van der Waals surface area contributed by atoms with Crippen LogP contribution in [-0.2, 0) is 11.2 Å². The average molecular weight is 683 g/mol. The zero-order valence-electron chi connectivity index (χ0n) is 22.8. The van der Waals surface area contributed by atoms with E-state index in [1.807, 2.05) is 35.3 Å². The summed E-state index contributed by atoms with van der Waals surface area (Å²) in [4.78, 5) is 26.0. The standard InChI is InChI=1S/C28H33ClN4O3S.CH3I/c1-33(14-13-19-7-10-22(29)11-8-19)24-6-4-5-23(24)32-27(34)18-37-28-30-16-21(17-31-28)20-9-12-25(35-2)26(15-20)36-3;1-2/h7-12,15-17,23-24H,4-6,13-14,18H2,1-3H3,(H,32,34);1H3/t23-,24-;/m1./s1. The van der Waals surface area contributed by atoms with Gasteiger partial charge in [-0.25, -0.2) is 9.97 Å². The summed E-state index contributed by atoms with van der Waals surface area (Å²) in [6.07, 6.45) is 7.69. The van der Waals surface area contributed by atoms with Crippen molar-refractivity contribution in [2.75, 3.05) is 38.5 Å². The second-order valence-electron chi connectivity index (χ2n) is 9.14. The van der Waals surface area contributed by atoms with Gasteiger partial charge in [0, 0.05) is 41.6 Å². The number of methoxy groups -OCH3 is 2. The van der Waals surface area contributed by atoms with E-state index in [1.165, 1.54) is 17.3 Å². The molecule has 0 spiro atoms. The number of benzene rings is 2. The van der Waals surface area contributed by atoms with Gasteiger partial charge in [-0.2, -0.15) is 0 Å². The van der Waals surface area contributed by atoms with Gasteiger partial charge in [0.25, 0.3) is 0 Å². The molecular formula is C29H36ClIN4O3S. The van der Waals surface area contributed by atoms with Gasteiger partial charge in [0.05, 0.1) is 20.0 Å². The second kappa shape index (κ2) is 16.2. The number of thioether (sulfide) groups is 1. The minimum atomic E-state index is 0.0144. The molecule has 1 N–H and O–H groups in total. The maximum Gasteiger partial charge on any atom is 0.230 e. The summed E-state index contributed by atoms with van der Waals surface area (Å²) >= 11 is 9.49. The van der Waals surface area contributed by atoms with Crippen LogP contribution in [0.5, 0.6) is 11.5 Å². The van der Waals surface area contributed by atoms with Gasteiger partial charge < -0.3 is 19.7 Å². The van der Waals surface area contributed by atoms with E-state index in [9.17, 15) is 4.79 Å². The van der Waals surface area contributed by atoms with Crippen molar-refractivity contribution in [2.24, 2.45) is 0 Å². The molecule has 3 aromatic rings. The summed E-state index contributed by atoms with van der Waals surface area (Å²) < 4.78 is 10.7. The fourth-order valence-electron chi connectivity index (χ4n) is 4.69. The van der Waals surface area contributed by atoms with E-state index >= 15 is 0 Å². The number of nitrogens with one attached hydrogen (secondary N) is 1. The summed E-state index contributed by atoms with van der Waals surface area (Å²) in [5, 5.41) is 4.58. The topological polar surface area (TPSA) is 76.6 Å². The summed E-state index contributed by atoms with van der Waals surface area (Å²) in [7, 11) is 5.36. The highest BCUT2D eigenvalue weighted by atomic mass is 127. The third kappa shape index (κ3) is 9.23. The summed E-state index contributed by atoms with van der Waals surface area (Å²) in [5.74, 6) is 1.62. The van der Waals surface area contributed by atoms with Crippen molar-refractivity contribution in [3.05, 3.63) is 65.4 Å². The van der Waals surface area contributed by atoms with Crippen LogP contribution in [0, 0.1) is 0 Å². The molecule has 39 heavy (non-hydrogen) atoms. The third-order valence-electron chi connectivity index (χ3n) is 6.74. The van der Waals surface area contributed by atoms with Gasteiger partial charge >= 0.3 is 0 Å². The van der Waals surface area contributed by atoms with E-state index in [4.69, 9.17) is 21.1 Å². The van der Waals surface area contributed by atoms with Gasteiger partial charge in [-0.15, -0.1) is 0 Å². The van der Waals surface area contributed by atoms with E-state index in [-0.39, 0.29) is 17.7 Å². The Kier molecular flexibility index (Phi) is 13.1. The van der Waals surface area contributed by atoms with Crippen LogP contribution in [0.4, 0.5) is 0 Å². The van der Waals surface area contributed by atoms with Gasteiger partial charge in [0.1, 0.15) is 0 Å². The Morgan fingerprint density at radius 1 is 1.05 bits per heavy atom.